The van der Waals surface area contributed by atoms with Crippen molar-refractivity contribution < 1.29 is 39.8 Å². The van der Waals surface area contributed by atoms with Crippen molar-refractivity contribution in [3.05, 3.63) is 0 Å². The van der Waals surface area contributed by atoms with Crippen LogP contribution in [0.15, 0.2) is 0 Å². The predicted molar refractivity (Wildman–Crippen MR) is 153 cm³/mol. The van der Waals surface area contributed by atoms with Gasteiger partial charge in [0.05, 0.1) is 45.1 Å². The van der Waals surface area contributed by atoms with Crippen molar-refractivity contribution in [1.29, 1.82) is 0 Å². The van der Waals surface area contributed by atoms with Gasteiger partial charge in [0.15, 0.2) is 0 Å². The minimum Gasteiger partial charge on any atom is -0.481 e. The Morgan fingerprint density at radius 2 is 1.08 bits per heavy atom. The monoisotopic (exact) mass is 550 g/mol. The molecule has 0 saturated heterocycles. The summed E-state index contributed by atoms with van der Waals surface area (Å²) in [6, 6.07) is 0. The predicted octanol–water partition coefficient (Wildman–Crippen LogP) is 5.48. The Balaban J connectivity index is 0. The minimum atomic E-state index is -0.948. The summed E-state index contributed by atoms with van der Waals surface area (Å²) in [7, 11) is 0. The molecule has 0 aliphatic carbocycles. The first-order chi connectivity index (χ1) is 18.4. The second-order valence-corrected chi connectivity index (χ2v) is 10.7. The molecule has 0 aromatic heterocycles. The molecule has 0 bridgehead atoms. The molecule has 0 aromatic carbocycles. The number of carboxylic acid groups (broad SMARTS) is 1. The number of hydrogen-bond acceptors (Lipinski definition) is 7. The fraction of sp³-hybridized carbons (Fsp3) is 0.967. The van der Waals surface area contributed by atoms with Crippen molar-refractivity contribution in [2.75, 3.05) is 46.2 Å². The van der Waals surface area contributed by atoms with E-state index < -0.39 is 17.5 Å². The summed E-state index contributed by atoms with van der Waals surface area (Å²) >= 11 is 0. The fourth-order valence-electron chi connectivity index (χ4n) is 3.99. The van der Waals surface area contributed by atoms with Crippen LogP contribution in [0.4, 0.5) is 0 Å². The molecule has 8 heteroatoms. The normalized spacial score (nSPS) is 12.3. The third-order valence-corrected chi connectivity index (χ3v) is 6.61. The molecule has 0 aromatic rings. The highest BCUT2D eigenvalue weighted by molar-refractivity contribution is 5.66. The number of unbranched alkanes of at least 4 members (excludes halogenated alkanes) is 15. The largest absolute Gasteiger partial charge is 0.481 e. The lowest BCUT2D eigenvalue weighted by atomic mass is 9.92. The Kier molecular flexibility index (Phi) is 31.9. The van der Waals surface area contributed by atoms with Gasteiger partial charge < -0.3 is 35.0 Å². The SMILES string of the molecule is CCCC(=O)O.CCCCCCCCCCCCCCCCCCOCC(CO)(CO)COCC(O)CO. The lowest BCUT2D eigenvalue weighted by Gasteiger charge is -2.29. The van der Waals surface area contributed by atoms with E-state index >= 15 is 0 Å². The standard InChI is InChI=1S/C26H54O6.C4H8O2/c1-2-3-4-5-6-7-8-9-10-11-12-13-14-15-16-17-18-31-23-26(21-28,22-29)24-32-20-25(30)19-27;1-2-3-4(5)6/h25,27-30H,2-24H2,1H3;2-3H2,1H3,(H,5,6). The van der Waals surface area contributed by atoms with Crippen LogP contribution in [-0.4, -0.2) is 83.9 Å². The fourth-order valence-corrected chi connectivity index (χ4v) is 3.99. The van der Waals surface area contributed by atoms with E-state index in [2.05, 4.69) is 6.92 Å². The number of aliphatic carboxylic acids is 1. The van der Waals surface area contributed by atoms with Crippen LogP contribution in [0.25, 0.3) is 0 Å². The Morgan fingerprint density at radius 1 is 0.658 bits per heavy atom. The lowest BCUT2D eigenvalue weighted by Crippen LogP contribution is -2.40. The number of aliphatic hydroxyl groups excluding tert-OH is 4. The van der Waals surface area contributed by atoms with Gasteiger partial charge in [-0.05, 0) is 12.8 Å². The van der Waals surface area contributed by atoms with Crippen LogP contribution in [0.3, 0.4) is 0 Å². The van der Waals surface area contributed by atoms with Crippen LogP contribution in [0, 0.1) is 5.41 Å². The van der Waals surface area contributed by atoms with E-state index in [0.29, 0.717) is 13.0 Å². The van der Waals surface area contributed by atoms with Gasteiger partial charge in [0.2, 0.25) is 0 Å². The molecule has 38 heavy (non-hydrogen) atoms. The van der Waals surface area contributed by atoms with Crippen molar-refractivity contribution in [1.82, 2.24) is 0 Å². The first kappa shape index (κ1) is 39.4. The average molecular weight is 551 g/mol. The van der Waals surface area contributed by atoms with Crippen molar-refractivity contribution in [3.63, 3.8) is 0 Å². The number of carbonyl (C=O) groups is 1. The number of aliphatic hydroxyl groups is 4. The minimum absolute atomic E-state index is 0.0304. The highest BCUT2D eigenvalue weighted by Crippen LogP contribution is 2.18. The lowest BCUT2D eigenvalue weighted by molar-refractivity contribution is -0.137. The average Bonchev–Trinajstić information content (AvgIpc) is 2.91. The molecule has 5 N–H and O–H groups in total. The summed E-state index contributed by atoms with van der Waals surface area (Å²) in [5.74, 6) is -0.711. The molecule has 0 radical (unpaired) electrons. The summed E-state index contributed by atoms with van der Waals surface area (Å²) in [5, 5.41) is 45.2. The molecule has 0 fully saturated rings. The number of rotatable bonds is 28. The Morgan fingerprint density at radius 3 is 1.42 bits per heavy atom. The van der Waals surface area contributed by atoms with Gasteiger partial charge in [0, 0.05) is 13.0 Å². The zero-order chi connectivity index (χ0) is 28.7. The first-order valence-electron chi connectivity index (χ1n) is 15.3. The summed E-state index contributed by atoms with van der Waals surface area (Å²) in [6.45, 7) is 4.11. The molecule has 230 valence electrons. The number of hydrogen-bond donors (Lipinski definition) is 5. The van der Waals surface area contributed by atoms with Crippen LogP contribution in [0.5, 0.6) is 0 Å². The van der Waals surface area contributed by atoms with Gasteiger partial charge in [-0.25, -0.2) is 0 Å². The number of carboxylic acids is 1. The second kappa shape index (κ2) is 30.8. The molecule has 0 rings (SSSR count). The Bertz CT molecular complexity index is 471. The summed E-state index contributed by atoms with van der Waals surface area (Å²) in [6.07, 6.45) is 21.4. The molecular weight excluding hydrogens is 488 g/mol. The molecular formula is C30H62O8. The van der Waals surface area contributed by atoms with E-state index in [0.717, 1.165) is 19.3 Å². The van der Waals surface area contributed by atoms with Crippen molar-refractivity contribution in [2.24, 2.45) is 5.41 Å². The van der Waals surface area contributed by atoms with Crippen LogP contribution in [0.2, 0.25) is 0 Å². The molecule has 1 unspecified atom stereocenters. The third kappa shape index (κ3) is 28.2. The number of ether oxygens (including phenoxy) is 2. The highest BCUT2D eigenvalue weighted by atomic mass is 16.5. The first-order valence-corrected chi connectivity index (χ1v) is 15.3. The van der Waals surface area contributed by atoms with Gasteiger partial charge in [0.1, 0.15) is 6.10 Å². The highest BCUT2D eigenvalue weighted by Gasteiger charge is 2.30. The van der Waals surface area contributed by atoms with E-state index in [1.54, 1.807) is 0 Å². The summed E-state index contributed by atoms with van der Waals surface area (Å²) < 4.78 is 11.0. The van der Waals surface area contributed by atoms with Crippen LogP contribution in [0.1, 0.15) is 129 Å². The van der Waals surface area contributed by atoms with Crippen LogP contribution in [-0.2, 0) is 14.3 Å². The summed E-state index contributed by atoms with van der Waals surface area (Å²) in [4.78, 5) is 9.60. The van der Waals surface area contributed by atoms with E-state index in [-0.39, 0.29) is 39.6 Å². The zero-order valence-electron chi connectivity index (χ0n) is 24.7. The van der Waals surface area contributed by atoms with E-state index in [1.807, 2.05) is 6.92 Å². The van der Waals surface area contributed by atoms with E-state index in [9.17, 15) is 20.1 Å². The topological polar surface area (TPSA) is 137 Å². The van der Waals surface area contributed by atoms with Crippen LogP contribution >= 0.6 is 0 Å². The van der Waals surface area contributed by atoms with Gasteiger partial charge in [-0.2, -0.15) is 0 Å². The Labute approximate surface area is 233 Å². The molecule has 0 spiro atoms. The third-order valence-electron chi connectivity index (χ3n) is 6.61. The second-order valence-electron chi connectivity index (χ2n) is 10.7. The summed E-state index contributed by atoms with van der Waals surface area (Å²) in [5.41, 5.74) is -0.871. The van der Waals surface area contributed by atoms with Gasteiger partial charge in [-0.1, -0.05) is 110 Å². The van der Waals surface area contributed by atoms with Crippen LogP contribution < -0.4 is 0 Å². The maximum atomic E-state index is 9.61. The molecule has 1 atom stereocenters. The van der Waals surface area contributed by atoms with Gasteiger partial charge >= 0.3 is 5.97 Å². The van der Waals surface area contributed by atoms with Crippen molar-refractivity contribution >= 4 is 5.97 Å². The quantitative estimate of drug-likeness (QED) is 0.0808. The maximum absolute atomic E-state index is 9.61. The van der Waals surface area contributed by atoms with Crippen molar-refractivity contribution in [3.8, 4) is 0 Å². The molecule has 0 amide bonds. The van der Waals surface area contributed by atoms with Gasteiger partial charge in [-0.15, -0.1) is 0 Å². The van der Waals surface area contributed by atoms with Gasteiger partial charge in [-0.3, -0.25) is 4.79 Å². The molecule has 0 aliphatic heterocycles. The molecule has 0 saturated carbocycles. The van der Waals surface area contributed by atoms with Gasteiger partial charge in [0.25, 0.3) is 0 Å². The van der Waals surface area contributed by atoms with E-state index in [4.69, 9.17) is 19.7 Å². The molecule has 8 nitrogen and oxygen atoms in total. The molecule has 0 aliphatic rings. The molecule has 0 heterocycles. The van der Waals surface area contributed by atoms with E-state index in [1.165, 1.54) is 89.9 Å². The maximum Gasteiger partial charge on any atom is 0.303 e. The smallest absolute Gasteiger partial charge is 0.303 e. The van der Waals surface area contributed by atoms with Crippen molar-refractivity contribution in [2.45, 2.75) is 136 Å². The Hall–Kier alpha value is -0.770. The zero-order valence-corrected chi connectivity index (χ0v) is 24.7.